The first-order valence-electron chi connectivity index (χ1n) is 13.3. The van der Waals surface area contributed by atoms with Crippen LogP contribution in [0.15, 0.2) is 47.2 Å². The quantitative estimate of drug-likeness (QED) is 0.253. The van der Waals surface area contributed by atoms with E-state index in [-0.39, 0.29) is 29.7 Å². The highest BCUT2D eigenvalue weighted by atomic mass is 16.5. The Bertz CT molecular complexity index is 1620. The molecule has 2 aromatic rings. The van der Waals surface area contributed by atoms with E-state index in [1.54, 1.807) is 45.5 Å². The van der Waals surface area contributed by atoms with Gasteiger partial charge >= 0.3 is 0 Å². The second-order valence-corrected chi connectivity index (χ2v) is 10.9. The summed E-state index contributed by atoms with van der Waals surface area (Å²) in [4.78, 5) is 40.8. The van der Waals surface area contributed by atoms with E-state index in [1.165, 1.54) is 18.1 Å². The zero-order valence-electron chi connectivity index (χ0n) is 23.5. The van der Waals surface area contributed by atoms with E-state index in [2.05, 4.69) is 0 Å². The Morgan fingerprint density at radius 2 is 1.74 bits per heavy atom. The molecule has 3 aliphatic carbocycles. The van der Waals surface area contributed by atoms with E-state index in [0.717, 1.165) is 5.56 Å². The summed E-state index contributed by atoms with van der Waals surface area (Å²) in [5, 5.41) is 44.8. The van der Waals surface area contributed by atoms with Gasteiger partial charge in [0, 0.05) is 11.5 Å². The number of hydrogen-bond donors (Lipinski definition) is 5. The number of ketones is 2. The lowest BCUT2D eigenvalue weighted by molar-refractivity contribution is -0.153. The first-order valence-corrected chi connectivity index (χ1v) is 13.3. The molecular formula is C31H32N2O9. The summed E-state index contributed by atoms with van der Waals surface area (Å²) < 4.78 is 10.7. The van der Waals surface area contributed by atoms with Gasteiger partial charge in [0.2, 0.25) is 5.78 Å². The molecule has 0 bridgehead atoms. The molecule has 6 N–H and O–H groups in total. The van der Waals surface area contributed by atoms with E-state index < -0.39 is 58.0 Å². The molecule has 0 heterocycles. The number of hydrogen-bond acceptors (Lipinski definition) is 10. The van der Waals surface area contributed by atoms with Gasteiger partial charge in [-0.3, -0.25) is 19.3 Å². The molecule has 0 aromatic heterocycles. The van der Waals surface area contributed by atoms with Crippen molar-refractivity contribution < 1.29 is 44.3 Å². The van der Waals surface area contributed by atoms with E-state index in [1.807, 2.05) is 12.1 Å². The minimum absolute atomic E-state index is 0.0141. The van der Waals surface area contributed by atoms with E-state index in [9.17, 15) is 34.8 Å². The van der Waals surface area contributed by atoms with E-state index >= 15 is 0 Å². The van der Waals surface area contributed by atoms with Crippen LogP contribution in [0.5, 0.6) is 17.2 Å². The van der Waals surface area contributed by atoms with Crippen molar-refractivity contribution in [2.24, 2.45) is 17.6 Å². The Morgan fingerprint density at radius 3 is 2.36 bits per heavy atom. The van der Waals surface area contributed by atoms with Gasteiger partial charge in [-0.25, -0.2) is 0 Å². The predicted octanol–water partition coefficient (Wildman–Crippen LogP) is 2.15. The van der Waals surface area contributed by atoms with Crippen LogP contribution in [0.2, 0.25) is 0 Å². The number of methoxy groups -OCH3 is 2. The number of rotatable bonds is 6. The highest BCUT2D eigenvalue weighted by molar-refractivity contribution is 6.24. The van der Waals surface area contributed by atoms with Gasteiger partial charge in [-0.2, -0.15) is 0 Å². The van der Waals surface area contributed by atoms with Crippen molar-refractivity contribution in [3.63, 3.8) is 0 Å². The molecule has 1 fully saturated rings. The molecule has 2 aromatic carbocycles. The number of ether oxygens (including phenoxy) is 2. The van der Waals surface area contributed by atoms with Gasteiger partial charge in [-0.1, -0.05) is 24.3 Å². The molecule has 1 saturated carbocycles. The third kappa shape index (κ3) is 4.15. The van der Waals surface area contributed by atoms with Crippen LogP contribution in [0, 0.1) is 11.8 Å². The topological polar surface area (TPSA) is 180 Å². The summed E-state index contributed by atoms with van der Waals surface area (Å²) in [7, 11) is 6.19. The molecule has 220 valence electrons. The minimum atomic E-state index is -2.68. The largest absolute Gasteiger partial charge is 0.508 e. The number of phenolic OH excluding ortho intramolecular Hbond substituents is 1. The second kappa shape index (κ2) is 10.3. The van der Waals surface area contributed by atoms with Crippen LogP contribution in [0.4, 0.5) is 0 Å². The van der Waals surface area contributed by atoms with Crippen molar-refractivity contribution >= 4 is 35.4 Å². The van der Waals surface area contributed by atoms with Gasteiger partial charge < -0.3 is 35.6 Å². The summed E-state index contributed by atoms with van der Waals surface area (Å²) in [5.74, 6) is -5.74. The highest BCUT2D eigenvalue weighted by Crippen LogP contribution is 2.53. The number of phenols is 1. The lowest BCUT2D eigenvalue weighted by Crippen LogP contribution is -2.65. The SMILES string of the molecule is COc1ccc(/C=C/c2ccc(O)c3c2CC2CC4[C@H](N(C)C)C(=O)C(C(N)=O)=C(O)[C@@]4(O)C(=O)C2=C3O)cc1OC. The number of likely N-dealkylation sites (N-methyl/N-ethyl adjacent to an activating group) is 1. The first kappa shape index (κ1) is 28.9. The average Bonchev–Trinajstić information content (AvgIpc) is 2.94. The number of amides is 1. The summed E-state index contributed by atoms with van der Waals surface area (Å²) in [6.07, 6.45) is 3.83. The highest BCUT2D eigenvalue weighted by Gasteiger charge is 2.64. The summed E-state index contributed by atoms with van der Waals surface area (Å²) in [6, 6.07) is 7.32. The minimum Gasteiger partial charge on any atom is -0.508 e. The molecule has 3 aliphatic rings. The fourth-order valence-corrected chi connectivity index (χ4v) is 6.57. The second-order valence-electron chi connectivity index (χ2n) is 10.9. The number of benzene rings is 2. The van der Waals surface area contributed by atoms with Crippen LogP contribution in [0.1, 0.15) is 28.7 Å². The fraction of sp³-hybridized carbons (Fsp3) is 0.323. The van der Waals surface area contributed by atoms with Crippen molar-refractivity contribution in [3.8, 4) is 17.2 Å². The molecule has 11 heteroatoms. The van der Waals surface area contributed by atoms with Crippen LogP contribution in [-0.4, -0.2) is 82.8 Å². The van der Waals surface area contributed by atoms with Crippen LogP contribution < -0.4 is 15.2 Å². The zero-order valence-corrected chi connectivity index (χ0v) is 23.5. The maximum atomic E-state index is 13.9. The number of Topliss-reactive ketones (excluding diaryl/α,β-unsaturated/α-hetero) is 2. The first-order chi connectivity index (χ1) is 19.9. The van der Waals surface area contributed by atoms with Crippen molar-refractivity contribution in [3.05, 3.63) is 69.5 Å². The standard InChI is InChI=1S/C31H32N2O9/c1-33(2)25-18-13-16-12-17-15(7-5-14-6-10-20(41-3)21(11-14)42-4)8-9-19(34)23(17)26(35)22(16)28(37)31(18,40)29(38)24(27(25)36)30(32)39/h5-11,16,18,25,34-35,38,40H,12-13H2,1-4H3,(H2,32,39)/b7-5+/t16?,18?,25-,31-/m0/s1. The smallest absolute Gasteiger partial charge is 0.255 e. The van der Waals surface area contributed by atoms with Gasteiger partial charge in [0.1, 0.15) is 22.8 Å². The zero-order chi connectivity index (χ0) is 30.7. The predicted molar refractivity (Wildman–Crippen MR) is 153 cm³/mol. The van der Waals surface area contributed by atoms with Gasteiger partial charge in [-0.05, 0) is 67.7 Å². The molecular weight excluding hydrogens is 544 g/mol. The molecule has 2 unspecified atom stereocenters. The number of primary amides is 1. The third-order valence-corrected chi connectivity index (χ3v) is 8.50. The van der Waals surface area contributed by atoms with Gasteiger partial charge in [0.25, 0.3) is 5.91 Å². The third-order valence-electron chi connectivity index (χ3n) is 8.50. The van der Waals surface area contributed by atoms with Crippen LogP contribution >= 0.6 is 0 Å². The van der Waals surface area contributed by atoms with Crippen LogP contribution in [-0.2, 0) is 20.8 Å². The Labute approximate surface area is 241 Å². The number of carbonyl (C=O) groups excluding carboxylic acids is 3. The molecule has 0 radical (unpaired) electrons. The van der Waals surface area contributed by atoms with Crippen molar-refractivity contribution in [1.82, 2.24) is 4.90 Å². The molecule has 1 amide bonds. The normalized spacial score (nSPS) is 25.4. The van der Waals surface area contributed by atoms with Crippen molar-refractivity contribution in [2.45, 2.75) is 24.5 Å². The van der Waals surface area contributed by atoms with Crippen molar-refractivity contribution in [1.29, 1.82) is 0 Å². The monoisotopic (exact) mass is 576 g/mol. The number of nitrogens with zero attached hydrogens (tertiary/aromatic N) is 1. The Balaban J connectivity index is 1.63. The number of carbonyl (C=O) groups is 3. The van der Waals surface area contributed by atoms with E-state index in [0.29, 0.717) is 22.6 Å². The van der Waals surface area contributed by atoms with Gasteiger partial charge in [0.05, 0.1) is 25.8 Å². The maximum absolute atomic E-state index is 13.9. The Morgan fingerprint density at radius 1 is 1.05 bits per heavy atom. The number of aliphatic hydroxyl groups is 3. The number of aliphatic hydroxyl groups excluding tert-OH is 2. The summed E-state index contributed by atoms with van der Waals surface area (Å²) >= 11 is 0. The lowest BCUT2D eigenvalue weighted by Gasteiger charge is -2.50. The molecule has 42 heavy (non-hydrogen) atoms. The molecule has 0 spiro atoms. The lowest BCUT2D eigenvalue weighted by atomic mass is 9.57. The molecule has 4 atom stereocenters. The van der Waals surface area contributed by atoms with Crippen LogP contribution in [0.25, 0.3) is 17.9 Å². The number of fused-ring (bicyclic) bond motifs is 3. The fourth-order valence-electron chi connectivity index (χ4n) is 6.57. The molecule has 0 aliphatic heterocycles. The Kier molecular flexibility index (Phi) is 7.12. The maximum Gasteiger partial charge on any atom is 0.255 e. The average molecular weight is 577 g/mol. The summed E-state index contributed by atoms with van der Waals surface area (Å²) in [5.41, 5.74) is 3.71. The molecule has 5 rings (SSSR count). The molecule has 11 nitrogen and oxygen atoms in total. The van der Waals surface area contributed by atoms with Crippen LogP contribution in [0.3, 0.4) is 0 Å². The Hall–Kier alpha value is -4.61. The molecule has 0 saturated heterocycles. The summed E-state index contributed by atoms with van der Waals surface area (Å²) in [6.45, 7) is 0. The van der Waals surface area contributed by atoms with Gasteiger partial charge in [-0.15, -0.1) is 0 Å². The number of nitrogens with two attached hydrogens (primary N) is 1. The van der Waals surface area contributed by atoms with Gasteiger partial charge in [0.15, 0.2) is 22.9 Å². The number of aromatic hydroxyl groups is 1. The van der Waals surface area contributed by atoms with Crippen molar-refractivity contribution in [2.75, 3.05) is 28.3 Å². The van der Waals surface area contributed by atoms with E-state index in [4.69, 9.17) is 15.2 Å².